The quantitative estimate of drug-likeness (QED) is 0.687. The second kappa shape index (κ2) is 9.37. The molecule has 6 nitrogen and oxygen atoms in total. The van der Waals surface area contributed by atoms with E-state index < -0.39 is 12.1 Å². The first-order chi connectivity index (χ1) is 13.5. The summed E-state index contributed by atoms with van der Waals surface area (Å²) in [4.78, 5) is 26.5. The second-order valence-corrected chi connectivity index (χ2v) is 6.90. The molecule has 2 aromatic carbocycles. The number of esters is 1. The summed E-state index contributed by atoms with van der Waals surface area (Å²) in [5.41, 5.74) is 0.989. The zero-order valence-corrected chi connectivity index (χ0v) is 16.2. The summed E-state index contributed by atoms with van der Waals surface area (Å²) in [5.74, 6) is -0.193. The molecular formula is C22H25NO5. The average Bonchev–Trinajstić information content (AvgIpc) is 3.24. The maximum Gasteiger partial charge on any atom is 0.339 e. The molecule has 0 saturated carbocycles. The maximum atomic E-state index is 12.6. The van der Waals surface area contributed by atoms with E-state index in [4.69, 9.17) is 14.2 Å². The Hall–Kier alpha value is -2.86. The van der Waals surface area contributed by atoms with E-state index in [1.54, 1.807) is 62.6 Å². The first kappa shape index (κ1) is 19.9. The van der Waals surface area contributed by atoms with Crippen LogP contribution in [0.1, 0.15) is 34.9 Å². The molecule has 1 fully saturated rings. The number of hydrogen-bond acceptors (Lipinski definition) is 5. The highest BCUT2D eigenvalue weighted by atomic mass is 16.5. The van der Waals surface area contributed by atoms with Gasteiger partial charge in [-0.15, -0.1) is 0 Å². The molecule has 148 valence electrons. The lowest BCUT2D eigenvalue weighted by molar-refractivity contribution is -0.138. The van der Waals surface area contributed by atoms with E-state index in [0.29, 0.717) is 23.5 Å². The van der Waals surface area contributed by atoms with Crippen molar-refractivity contribution in [1.29, 1.82) is 0 Å². The molecule has 0 bridgehead atoms. The van der Waals surface area contributed by atoms with Crippen molar-refractivity contribution in [3.05, 3.63) is 65.7 Å². The van der Waals surface area contributed by atoms with Gasteiger partial charge in [-0.2, -0.15) is 0 Å². The van der Waals surface area contributed by atoms with Crippen LogP contribution < -0.4 is 4.74 Å². The van der Waals surface area contributed by atoms with Gasteiger partial charge in [-0.3, -0.25) is 4.79 Å². The van der Waals surface area contributed by atoms with Crippen molar-refractivity contribution in [3.8, 4) is 5.75 Å². The zero-order chi connectivity index (χ0) is 19.9. The number of nitrogens with zero attached hydrogens (tertiary/aromatic N) is 1. The molecule has 1 aliphatic rings. The number of likely N-dealkylation sites (N-methyl/N-ethyl adjacent to an activating group) is 1. The Kier molecular flexibility index (Phi) is 6.66. The third-order valence-electron chi connectivity index (χ3n) is 4.54. The minimum atomic E-state index is -0.987. The minimum absolute atomic E-state index is 0.133. The molecule has 0 radical (unpaired) electrons. The Morgan fingerprint density at radius 2 is 1.82 bits per heavy atom. The van der Waals surface area contributed by atoms with Crippen LogP contribution in [0.25, 0.3) is 0 Å². The Balaban J connectivity index is 1.65. The molecule has 28 heavy (non-hydrogen) atoms. The first-order valence-electron chi connectivity index (χ1n) is 9.36. The molecule has 0 aliphatic carbocycles. The van der Waals surface area contributed by atoms with Gasteiger partial charge in [0.05, 0.1) is 11.7 Å². The largest absolute Gasteiger partial charge is 0.491 e. The van der Waals surface area contributed by atoms with E-state index in [2.05, 4.69) is 0 Å². The molecule has 0 unspecified atom stereocenters. The Labute approximate surface area is 165 Å². The fraction of sp³-hybridized carbons (Fsp3) is 0.364. The summed E-state index contributed by atoms with van der Waals surface area (Å²) in [6, 6.07) is 15.7. The maximum absolute atomic E-state index is 12.6. The van der Waals surface area contributed by atoms with Crippen molar-refractivity contribution in [3.63, 3.8) is 0 Å². The highest BCUT2D eigenvalue weighted by Gasteiger charge is 2.27. The van der Waals surface area contributed by atoms with E-state index in [1.807, 2.05) is 6.07 Å². The first-order valence-corrected chi connectivity index (χ1v) is 9.36. The monoisotopic (exact) mass is 383 g/mol. The molecule has 2 atom stereocenters. The van der Waals surface area contributed by atoms with Crippen LogP contribution in [0.5, 0.6) is 5.75 Å². The minimum Gasteiger partial charge on any atom is -0.491 e. The van der Waals surface area contributed by atoms with Gasteiger partial charge >= 0.3 is 5.97 Å². The number of carbonyl (C=O) groups is 2. The summed E-state index contributed by atoms with van der Waals surface area (Å²) in [6.45, 7) is 1.28. The van der Waals surface area contributed by atoms with Crippen LogP contribution in [0.4, 0.5) is 0 Å². The standard InChI is InChI=1S/C22H25NO5/c1-23(2)21(24)20(16-7-4-3-5-8-16)28-22(25)17-10-12-18(13-11-17)27-15-19-9-6-14-26-19/h3-5,7-8,10-13,19-20H,6,9,14-15H2,1-2H3/t19-,20-/m0/s1. The molecule has 6 heteroatoms. The lowest BCUT2D eigenvalue weighted by Gasteiger charge is -2.21. The molecule has 0 aromatic heterocycles. The Morgan fingerprint density at radius 1 is 1.11 bits per heavy atom. The van der Waals surface area contributed by atoms with Crippen molar-refractivity contribution in [2.75, 3.05) is 27.3 Å². The van der Waals surface area contributed by atoms with E-state index in [-0.39, 0.29) is 12.0 Å². The molecule has 1 saturated heterocycles. The van der Waals surface area contributed by atoms with Crippen molar-refractivity contribution in [1.82, 2.24) is 4.90 Å². The molecule has 0 N–H and O–H groups in total. The second-order valence-electron chi connectivity index (χ2n) is 6.90. The zero-order valence-electron chi connectivity index (χ0n) is 16.2. The molecule has 1 aliphatic heterocycles. The molecule has 1 heterocycles. The highest BCUT2D eigenvalue weighted by molar-refractivity contribution is 5.92. The normalized spacial score (nSPS) is 17.0. The fourth-order valence-electron chi connectivity index (χ4n) is 2.95. The molecule has 2 aromatic rings. The topological polar surface area (TPSA) is 65.1 Å². The lowest BCUT2D eigenvalue weighted by atomic mass is 10.1. The predicted molar refractivity (Wildman–Crippen MR) is 104 cm³/mol. The van der Waals surface area contributed by atoms with Gasteiger partial charge in [0.2, 0.25) is 6.10 Å². The average molecular weight is 383 g/mol. The van der Waals surface area contributed by atoms with E-state index >= 15 is 0 Å². The fourth-order valence-corrected chi connectivity index (χ4v) is 2.95. The number of hydrogen-bond donors (Lipinski definition) is 0. The number of amides is 1. The van der Waals surface area contributed by atoms with E-state index in [9.17, 15) is 9.59 Å². The van der Waals surface area contributed by atoms with Gasteiger partial charge in [-0.1, -0.05) is 30.3 Å². The Morgan fingerprint density at radius 3 is 2.43 bits per heavy atom. The summed E-state index contributed by atoms with van der Waals surface area (Å²) < 4.78 is 16.8. The van der Waals surface area contributed by atoms with Gasteiger partial charge in [0.25, 0.3) is 5.91 Å². The van der Waals surface area contributed by atoms with Gasteiger partial charge in [-0.25, -0.2) is 4.79 Å². The molecule has 1 amide bonds. The summed E-state index contributed by atoms with van der Waals surface area (Å²) >= 11 is 0. The number of benzene rings is 2. The SMILES string of the molecule is CN(C)C(=O)[C@@H](OC(=O)c1ccc(OC[C@@H]2CCCO2)cc1)c1ccccc1. The van der Waals surface area contributed by atoms with Crippen LogP contribution >= 0.6 is 0 Å². The van der Waals surface area contributed by atoms with Gasteiger partial charge in [0.1, 0.15) is 12.4 Å². The lowest BCUT2D eigenvalue weighted by Crippen LogP contribution is -2.31. The van der Waals surface area contributed by atoms with Gasteiger partial charge in [0.15, 0.2) is 0 Å². The third kappa shape index (κ3) is 5.10. The van der Waals surface area contributed by atoms with Crippen LogP contribution in [-0.4, -0.2) is 50.2 Å². The number of rotatable bonds is 7. The predicted octanol–water partition coefficient (Wildman–Crippen LogP) is 3.23. The van der Waals surface area contributed by atoms with Crippen LogP contribution in [0.3, 0.4) is 0 Å². The highest BCUT2D eigenvalue weighted by Crippen LogP contribution is 2.22. The van der Waals surface area contributed by atoms with Crippen LogP contribution in [0.15, 0.2) is 54.6 Å². The smallest absolute Gasteiger partial charge is 0.339 e. The Bertz CT molecular complexity index is 782. The number of ether oxygens (including phenoxy) is 3. The molecule has 3 rings (SSSR count). The third-order valence-corrected chi connectivity index (χ3v) is 4.54. The summed E-state index contributed by atoms with van der Waals surface area (Å²) in [7, 11) is 3.26. The van der Waals surface area contributed by atoms with E-state index in [1.165, 1.54) is 4.90 Å². The summed E-state index contributed by atoms with van der Waals surface area (Å²) in [6.07, 6.45) is 1.21. The number of carbonyl (C=O) groups excluding carboxylic acids is 2. The van der Waals surface area contributed by atoms with Crippen LogP contribution in [0, 0.1) is 0 Å². The van der Waals surface area contributed by atoms with Gasteiger partial charge in [0, 0.05) is 26.3 Å². The van der Waals surface area contributed by atoms with Crippen LogP contribution in [-0.2, 0) is 14.3 Å². The molecular weight excluding hydrogens is 358 g/mol. The van der Waals surface area contributed by atoms with Gasteiger partial charge in [-0.05, 0) is 37.1 Å². The van der Waals surface area contributed by atoms with E-state index in [0.717, 1.165) is 19.4 Å². The molecule has 0 spiro atoms. The summed E-state index contributed by atoms with van der Waals surface area (Å²) in [5, 5.41) is 0. The van der Waals surface area contributed by atoms with Crippen molar-refractivity contribution in [2.24, 2.45) is 0 Å². The van der Waals surface area contributed by atoms with Crippen molar-refractivity contribution in [2.45, 2.75) is 25.0 Å². The van der Waals surface area contributed by atoms with Crippen molar-refractivity contribution >= 4 is 11.9 Å². The van der Waals surface area contributed by atoms with Crippen LogP contribution in [0.2, 0.25) is 0 Å². The van der Waals surface area contributed by atoms with Crippen molar-refractivity contribution < 1.29 is 23.8 Å². The van der Waals surface area contributed by atoms with Gasteiger partial charge < -0.3 is 19.1 Å².